The summed E-state index contributed by atoms with van der Waals surface area (Å²) in [6.07, 6.45) is 5.86. The first-order valence-electron chi connectivity index (χ1n) is 4.93. The Hall–Kier alpha value is -1.67. The molecule has 21 heavy (non-hydrogen) atoms. The Morgan fingerprint density at radius 2 is 1.14 bits per heavy atom. The van der Waals surface area contributed by atoms with E-state index in [0.717, 1.165) is 0 Å². The van der Waals surface area contributed by atoms with Gasteiger partial charge in [-0.3, -0.25) is 9.97 Å². The standard InChI is InChI=1S/2C6H6N2O.2ClH.Co/c2*7-6(9)5-2-1-3-8-4-5;;;/h2*1-4H,(H2,7,9);2*1H;/p-4. The van der Waals surface area contributed by atoms with Crippen LogP contribution in [0.15, 0.2) is 49.1 Å². The van der Waals surface area contributed by atoms with E-state index in [2.05, 4.69) is 9.97 Å². The SMILES string of the molecule is N=C([O-])c1cccnc1.N=C([O-])c1cccnc1.[Cl-].[Cl-].[Co]. The fraction of sp³-hybridized carbons (Fsp3) is 0. The van der Waals surface area contributed by atoms with E-state index in [9.17, 15) is 10.2 Å². The van der Waals surface area contributed by atoms with Crippen molar-refractivity contribution in [2.75, 3.05) is 0 Å². The van der Waals surface area contributed by atoms with Crippen molar-refractivity contribution < 1.29 is 51.8 Å². The third-order valence-corrected chi connectivity index (χ3v) is 1.85. The fourth-order valence-electron chi connectivity index (χ4n) is 0.994. The van der Waals surface area contributed by atoms with Gasteiger partial charge in [-0.1, -0.05) is 12.1 Å². The minimum Gasteiger partial charge on any atom is -1.00 e. The summed E-state index contributed by atoms with van der Waals surface area (Å²) in [5.74, 6) is -1.38. The summed E-state index contributed by atoms with van der Waals surface area (Å²) < 4.78 is 0. The van der Waals surface area contributed by atoms with Gasteiger partial charge in [0, 0.05) is 52.7 Å². The van der Waals surface area contributed by atoms with Crippen molar-refractivity contribution in [2.24, 2.45) is 0 Å². The van der Waals surface area contributed by atoms with E-state index in [1.54, 1.807) is 36.7 Å². The van der Waals surface area contributed by atoms with Crippen molar-refractivity contribution in [1.29, 1.82) is 10.8 Å². The number of nitrogens with zero attached hydrogens (tertiary/aromatic N) is 2. The van der Waals surface area contributed by atoms with E-state index in [-0.39, 0.29) is 41.6 Å². The molecule has 2 aromatic rings. The normalized spacial score (nSPS) is 7.62. The number of rotatable bonds is 2. The van der Waals surface area contributed by atoms with E-state index in [1.807, 2.05) is 0 Å². The minimum absolute atomic E-state index is 0. The topological polar surface area (TPSA) is 120 Å². The van der Waals surface area contributed by atoms with Crippen molar-refractivity contribution >= 4 is 11.8 Å². The fourth-order valence-corrected chi connectivity index (χ4v) is 0.994. The molecule has 0 spiro atoms. The summed E-state index contributed by atoms with van der Waals surface area (Å²) in [4.78, 5) is 7.33. The average molecular weight is 372 g/mol. The van der Waals surface area contributed by atoms with Crippen molar-refractivity contribution in [3.05, 3.63) is 60.2 Å². The molecule has 0 aliphatic rings. The monoisotopic (exact) mass is 371 g/mol. The van der Waals surface area contributed by atoms with Gasteiger partial charge in [0.25, 0.3) is 0 Å². The molecule has 2 N–H and O–H groups in total. The zero-order valence-electron chi connectivity index (χ0n) is 10.4. The predicted octanol–water partition coefficient (Wildman–Crippen LogP) is -6.46. The molecule has 6 nitrogen and oxygen atoms in total. The van der Waals surface area contributed by atoms with Gasteiger partial charge < -0.3 is 45.8 Å². The van der Waals surface area contributed by atoms with E-state index >= 15 is 0 Å². The van der Waals surface area contributed by atoms with Gasteiger partial charge in [-0.25, -0.2) is 0 Å². The number of aromatic nitrogens is 2. The first-order valence-corrected chi connectivity index (χ1v) is 4.93. The smallest absolute Gasteiger partial charge is 0.0349 e. The Morgan fingerprint density at radius 3 is 1.29 bits per heavy atom. The molecule has 9 heteroatoms. The van der Waals surface area contributed by atoms with Crippen LogP contribution in [0.25, 0.3) is 0 Å². The maximum atomic E-state index is 10.3. The zero-order valence-corrected chi connectivity index (χ0v) is 13.0. The molecule has 1 radical (unpaired) electrons. The average Bonchev–Trinajstić information content (AvgIpc) is 2.41. The number of halogens is 2. The van der Waals surface area contributed by atoms with Gasteiger partial charge in [0.05, 0.1) is 0 Å². The molecule has 0 fully saturated rings. The molecule has 0 saturated heterocycles. The van der Waals surface area contributed by atoms with Crippen molar-refractivity contribution in [3.8, 4) is 0 Å². The molecule has 117 valence electrons. The Bertz CT molecular complexity index is 480. The zero-order chi connectivity index (χ0) is 13.4. The second-order valence-electron chi connectivity index (χ2n) is 3.14. The van der Waals surface area contributed by atoms with Gasteiger partial charge in [0.1, 0.15) is 0 Å². The Morgan fingerprint density at radius 1 is 0.810 bits per heavy atom. The molecule has 0 aromatic carbocycles. The van der Waals surface area contributed by atoms with Crippen LogP contribution in [0.4, 0.5) is 0 Å². The second kappa shape index (κ2) is 13.3. The third-order valence-electron chi connectivity index (χ3n) is 1.85. The molecule has 2 aromatic heterocycles. The summed E-state index contributed by atoms with van der Waals surface area (Å²) in [6.45, 7) is 0. The van der Waals surface area contributed by atoms with Crippen LogP contribution in [0.2, 0.25) is 0 Å². The molecule has 0 aliphatic heterocycles. The van der Waals surface area contributed by atoms with Crippen molar-refractivity contribution in [3.63, 3.8) is 0 Å². The summed E-state index contributed by atoms with van der Waals surface area (Å²) in [7, 11) is 0. The number of hydrogen-bond donors (Lipinski definition) is 2. The van der Waals surface area contributed by atoms with E-state index in [4.69, 9.17) is 10.8 Å². The molecule has 0 atom stereocenters. The van der Waals surface area contributed by atoms with Crippen LogP contribution in [-0.4, -0.2) is 21.8 Å². The molecule has 0 saturated carbocycles. The number of nitrogens with one attached hydrogen (secondary N) is 2. The van der Waals surface area contributed by atoms with Crippen LogP contribution >= 0.6 is 0 Å². The number of pyridine rings is 2. The van der Waals surface area contributed by atoms with Crippen LogP contribution in [0.1, 0.15) is 11.1 Å². The molecule has 0 amide bonds. The van der Waals surface area contributed by atoms with Gasteiger partial charge in [0.15, 0.2) is 0 Å². The van der Waals surface area contributed by atoms with Crippen LogP contribution in [0, 0.1) is 10.8 Å². The summed E-state index contributed by atoms with van der Waals surface area (Å²) >= 11 is 0. The van der Waals surface area contributed by atoms with Crippen LogP contribution in [-0.2, 0) is 16.8 Å². The first kappa shape index (κ1) is 24.4. The minimum atomic E-state index is -0.692. The molecule has 2 heterocycles. The molecule has 0 aliphatic carbocycles. The van der Waals surface area contributed by atoms with Crippen molar-refractivity contribution in [1.82, 2.24) is 9.97 Å². The van der Waals surface area contributed by atoms with E-state index < -0.39 is 11.8 Å². The molecule has 2 rings (SSSR count). The van der Waals surface area contributed by atoms with Gasteiger partial charge in [-0.05, 0) is 23.9 Å². The third kappa shape index (κ3) is 9.80. The van der Waals surface area contributed by atoms with Gasteiger partial charge in [0.2, 0.25) is 0 Å². The van der Waals surface area contributed by atoms with Crippen LogP contribution < -0.4 is 35.0 Å². The van der Waals surface area contributed by atoms with Crippen molar-refractivity contribution in [2.45, 2.75) is 0 Å². The van der Waals surface area contributed by atoms with Crippen LogP contribution in [0.5, 0.6) is 0 Å². The largest absolute Gasteiger partial charge is 1.00 e. The molecule has 0 unspecified atom stereocenters. The first-order chi connectivity index (χ1) is 8.61. The van der Waals surface area contributed by atoms with E-state index in [0.29, 0.717) is 11.1 Å². The quantitative estimate of drug-likeness (QED) is 0.403. The maximum absolute atomic E-state index is 10.3. The van der Waals surface area contributed by atoms with Gasteiger partial charge in [-0.2, -0.15) is 0 Å². The predicted molar refractivity (Wildman–Crippen MR) is 62.1 cm³/mol. The molecular weight excluding hydrogens is 362 g/mol. The summed E-state index contributed by atoms with van der Waals surface area (Å²) in [5, 5.41) is 33.8. The molecular formula is C12H10Cl2CoN4O2-4. The summed E-state index contributed by atoms with van der Waals surface area (Å²) in [5.41, 5.74) is 0.662. The summed E-state index contributed by atoms with van der Waals surface area (Å²) in [6, 6.07) is 6.37. The van der Waals surface area contributed by atoms with Crippen LogP contribution in [0.3, 0.4) is 0 Å². The maximum Gasteiger partial charge on any atom is 0.0349 e. The Kier molecular flexibility index (Phi) is 15.4. The Labute approximate surface area is 144 Å². The van der Waals surface area contributed by atoms with E-state index in [1.165, 1.54) is 12.4 Å². The number of hydrogen-bond acceptors (Lipinski definition) is 6. The van der Waals surface area contributed by atoms with Gasteiger partial charge >= 0.3 is 0 Å². The second-order valence-corrected chi connectivity index (χ2v) is 3.14. The molecule has 0 bridgehead atoms. The Balaban J connectivity index is -0.000000270. The van der Waals surface area contributed by atoms with Gasteiger partial charge in [-0.15, -0.1) is 0 Å².